The average molecular weight is 250 g/mol. The van der Waals surface area contributed by atoms with Gasteiger partial charge >= 0.3 is 0 Å². The van der Waals surface area contributed by atoms with E-state index in [1.165, 1.54) is 6.08 Å². The van der Waals surface area contributed by atoms with E-state index in [-0.39, 0.29) is 17.2 Å². The molecule has 100 valence electrons. The summed E-state index contributed by atoms with van der Waals surface area (Å²) in [5.74, 6) is -0.147. The SMILES string of the molecule is C=C[C@@](N)(CC1CC1(C)C)C(=O)NC(=O)C1CC1. The molecule has 2 atom stereocenters. The van der Waals surface area contributed by atoms with Crippen LogP contribution in [0.1, 0.15) is 39.5 Å². The van der Waals surface area contributed by atoms with Crippen molar-refractivity contribution in [2.75, 3.05) is 0 Å². The zero-order valence-electron chi connectivity index (χ0n) is 11.2. The fourth-order valence-electron chi connectivity index (χ4n) is 2.28. The van der Waals surface area contributed by atoms with Gasteiger partial charge in [-0.05, 0) is 37.0 Å². The monoisotopic (exact) mass is 250 g/mol. The Morgan fingerprint density at radius 3 is 2.44 bits per heavy atom. The van der Waals surface area contributed by atoms with Crippen LogP contribution in [0.3, 0.4) is 0 Å². The first-order valence-corrected chi connectivity index (χ1v) is 6.56. The van der Waals surface area contributed by atoms with Crippen molar-refractivity contribution in [2.24, 2.45) is 23.0 Å². The Morgan fingerprint density at radius 1 is 1.50 bits per heavy atom. The highest BCUT2D eigenvalue weighted by molar-refractivity contribution is 6.02. The number of amides is 2. The molecule has 0 aromatic heterocycles. The van der Waals surface area contributed by atoms with Crippen LogP contribution < -0.4 is 11.1 Å². The van der Waals surface area contributed by atoms with Crippen molar-refractivity contribution in [1.82, 2.24) is 5.32 Å². The Bertz CT molecular complexity index is 399. The number of carbonyl (C=O) groups excluding carboxylic acids is 2. The number of imide groups is 1. The fourth-order valence-corrected chi connectivity index (χ4v) is 2.28. The summed E-state index contributed by atoms with van der Waals surface area (Å²) in [6.45, 7) is 7.98. The molecule has 1 unspecified atom stereocenters. The minimum absolute atomic E-state index is 0.0142. The van der Waals surface area contributed by atoms with Gasteiger partial charge in [0.15, 0.2) is 0 Å². The third-order valence-electron chi connectivity index (χ3n) is 4.27. The van der Waals surface area contributed by atoms with Crippen LogP contribution in [0.25, 0.3) is 0 Å². The van der Waals surface area contributed by atoms with E-state index in [1.54, 1.807) is 0 Å². The van der Waals surface area contributed by atoms with Crippen LogP contribution in [0, 0.1) is 17.3 Å². The molecule has 2 amide bonds. The second-order valence-corrected chi connectivity index (χ2v) is 6.43. The molecule has 2 aliphatic rings. The molecule has 0 radical (unpaired) electrons. The molecule has 2 fully saturated rings. The van der Waals surface area contributed by atoms with Crippen molar-refractivity contribution >= 4 is 11.8 Å². The smallest absolute Gasteiger partial charge is 0.250 e. The van der Waals surface area contributed by atoms with Crippen LogP contribution in [0.2, 0.25) is 0 Å². The van der Waals surface area contributed by atoms with Crippen molar-refractivity contribution in [3.05, 3.63) is 12.7 Å². The zero-order chi connectivity index (χ0) is 13.6. The molecule has 0 aromatic carbocycles. The molecule has 2 aliphatic carbocycles. The van der Waals surface area contributed by atoms with Crippen molar-refractivity contribution in [3.63, 3.8) is 0 Å². The second kappa shape index (κ2) is 4.19. The second-order valence-electron chi connectivity index (χ2n) is 6.43. The highest BCUT2D eigenvalue weighted by Crippen LogP contribution is 2.55. The molecule has 0 aromatic rings. The summed E-state index contributed by atoms with van der Waals surface area (Å²) in [5.41, 5.74) is 5.23. The Hall–Kier alpha value is -1.16. The first kappa shape index (κ1) is 13.3. The minimum Gasteiger partial charge on any atom is -0.314 e. The first-order chi connectivity index (χ1) is 8.28. The Kier molecular flexibility index (Phi) is 3.09. The quantitative estimate of drug-likeness (QED) is 0.724. The van der Waals surface area contributed by atoms with Gasteiger partial charge in [0.25, 0.3) is 5.91 Å². The summed E-state index contributed by atoms with van der Waals surface area (Å²) in [5, 5.41) is 2.42. The normalized spacial score (nSPS) is 28.1. The van der Waals surface area contributed by atoms with E-state index in [4.69, 9.17) is 5.73 Å². The zero-order valence-corrected chi connectivity index (χ0v) is 11.2. The third-order valence-corrected chi connectivity index (χ3v) is 4.27. The van der Waals surface area contributed by atoms with E-state index in [9.17, 15) is 9.59 Å². The van der Waals surface area contributed by atoms with Gasteiger partial charge in [0.05, 0.1) is 0 Å². The maximum absolute atomic E-state index is 12.1. The lowest BCUT2D eigenvalue weighted by Crippen LogP contribution is -2.54. The topological polar surface area (TPSA) is 72.2 Å². The Labute approximate surface area is 108 Å². The van der Waals surface area contributed by atoms with Crippen molar-refractivity contribution in [3.8, 4) is 0 Å². The van der Waals surface area contributed by atoms with Crippen LogP contribution in [-0.2, 0) is 9.59 Å². The molecule has 0 bridgehead atoms. The van der Waals surface area contributed by atoms with Gasteiger partial charge in [-0.3, -0.25) is 14.9 Å². The number of carbonyl (C=O) groups is 2. The molecule has 0 spiro atoms. The predicted molar refractivity (Wildman–Crippen MR) is 69.5 cm³/mol. The van der Waals surface area contributed by atoms with Gasteiger partial charge < -0.3 is 5.73 Å². The van der Waals surface area contributed by atoms with Gasteiger partial charge in [0.2, 0.25) is 5.91 Å². The largest absolute Gasteiger partial charge is 0.314 e. The predicted octanol–water partition coefficient (Wildman–Crippen LogP) is 1.36. The van der Waals surface area contributed by atoms with E-state index in [2.05, 4.69) is 25.7 Å². The highest BCUT2D eigenvalue weighted by atomic mass is 16.2. The number of nitrogens with two attached hydrogens (primary N) is 1. The van der Waals surface area contributed by atoms with E-state index in [0.29, 0.717) is 12.3 Å². The fraction of sp³-hybridized carbons (Fsp3) is 0.714. The van der Waals surface area contributed by atoms with Crippen LogP contribution in [0.15, 0.2) is 12.7 Å². The van der Waals surface area contributed by atoms with E-state index in [0.717, 1.165) is 19.3 Å². The van der Waals surface area contributed by atoms with Gasteiger partial charge in [0, 0.05) is 5.92 Å². The third kappa shape index (κ3) is 2.64. The number of hydrogen-bond donors (Lipinski definition) is 2. The lowest BCUT2D eigenvalue weighted by molar-refractivity contribution is -0.133. The number of hydrogen-bond acceptors (Lipinski definition) is 3. The minimum atomic E-state index is -1.12. The summed E-state index contributed by atoms with van der Waals surface area (Å²) in [6, 6.07) is 0. The number of rotatable bonds is 5. The summed E-state index contributed by atoms with van der Waals surface area (Å²) in [4.78, 5) is 23.7. The van der Waals surface area contributed by atoms with E-state index < -0.39 is 11.4 Å². The summed E-state index contributed by atoms with van der Waals surface area (Å²) >= 11 is 0. The molecule has 0 heterocycles. The van der Waals surface area contributed by atoms with Crippen LogP contribution >= 0.6 is 0 Å². The van der Waals surface area contributed by atoms with Gasteiger partial charge in [0.1, 0.15) is 5.54 Å². The van der Waals surface area contributed by atoms with Crippen LogP contribution in [0.4, 0.5) is 0 Å². The van der Waals surface area contributed by atoms with Gasteiger partial charge in [-0.2, -0.15) is 0 Å². The summed E-state index contributed by atoms with van der Waals surface area (Å²) < 4.78 is 0. The molecule has 18 heavy (non-hydrogen) atoms. The Balaban J connectivity index is 1.95. The standard InChI is InChI=1S/C14H22N2O2/c1-4-14(15,8-10-7-13(10,2)3)12(18)16-11(17)9-5-6-9/h4,9-10H,1,5-8,15H2,2-3H3,(H,16,17,18)/t10?,14-/m1/s1. The molecule has 2 rings (SSSR count). The van der Waals surface area contributed by atoms with E-state index in [1.807, 2.05) is 0 Å². The van der Waals surface area contributed by atoms with Crippen molar-refractivity contribution in [2.45, 2.75) is 45.1 Å². The Morgan fingerprint density at radius 2 is 2.06 bits per heavy atom. The molecule has 3 N–H and O–H groups in total. The molecule has 2 saturated carbocycles. The molecule has 4 nitrogen and oxygen atoms in total. The average Bonchev–Trinajstić information content (AvgIpc) is 3.17. The molecular weight excluding hydrogens is 228 g/mol. The van der Waals surface area contributed by atoms with Crippen molar-refractivity contribution in [1.29, 1.82) is 0 Å². The lowest BCUT2D eigenvalue weighted by Gasteiger charge is -2.24. The maximum atomic E-state index is 12.1. The van der Waals surface area contributed by atoms with Crippen LogP contribution in [-0.4, -0.2) is 17.4 Å². The van der Waals surface area contributed by atoms with Crippen molar-refractivity contribution < 1.29 is 9.59 Å². The lowest BCUT2D eigenvalue weighted by atomic mass is 9.90. The van der Waals surface area contributed by atoms with Gasteiger partial charge in [-0.1, -0.05) is 19.9 Å². The number of nitrogens with one attached hydrogen (secondary N) is 1. The van der Waals surface area contributed by atoms with E-state index >= 15 is 0 Å². The molecule has 0 saturated heterocycles. The van der Waals surface area contributed by atoms with Gasteiger partial charge in [-0.15, -0.1) is 6.58 Å². The molecular formula is C14H22N2O2. The summed E-state index contributed by atoms with van der Waals surface area (Å²) in [7, 11) is 0. The molecule has 0 aliphatic heterocycles. The summed E-state index contributed by atoms with van der Waals surface area (Å²) in [6.07, 6.45) is 4.86. The molecule has 4 heteroatoms. The highest BCUT2D eigenvalue weighted by Gasteiger charge is 2.50. The first-order valence-electron chi connectivity index (χ1n) is 6.56. The van der Waals surface area contributed by atoms with Crippen LogP contribution in [0.5, 0.6) is 0 Å². The van der Waals surface area contributed by atoms with Gasteiger partial charge in [-0.25, -0.2) is 0 Å². The maximum Gasteiger partial charge on any atom is 0.250 e.